The molecule has 7 heteroatoms. The standard InChI is InChI=1S/C44H29BN2O4/c48-43(49)32-16-12-28(13-17-32)30-20-24-34(25-21-30)46-38-8-3-1-6-36(38)45-37-7-2-4-9-39(37)47(41-11-5-10-40(46)42(41)45)35-26-22-31(23-27-35)29-14-18-33(19-15-29)44(50)51/h1-27H,(H,48,49)(H,50,51). The molecule has 0 spiro atoms. The van der Waals surface area contributed by atoms with E-state index < -0.39 is 11.9 Å². The van der Waals surface area contributed by atoms with Gasteiger partial charge in [0.15, 0.2) is 0 Å². The largest absolute Gasteiger partial charge is 0.478 e. The maximum Gasteiger partial charge on any atom is 0.335 e. The first-order valence-electron chi connectivity index (χ1n) is 16.7. The van der Waals surface area contributed by atoms with Gasteiger partial charge in [0.05, 0.1) is 11.1 Å². The van der Waals surface area contributed by atoms with Gasteiger partial charge in [-0.05, 0) is 111 Å². The second-order valence-electron chi connectivity index (χ2n) is 12.8. The number of benzene rings is 7. The molecule has 0 amide bonds. The quantitative estimate of drug-likeness (QED) is 0.174. The Morgan fingerprint density at radius 1 is 0.392 bits per heavy atom. The maximum absolute atomic E-state index is 11.4. The van der Waals surface area contributed by atoms with Gasteiger partial charge in [-0.15, -0.1) is 0 Å². The summed E-state index contributed by atoms with van der Waals surface area (Å²) in [4.78, 5) is 27.5. The van der Waals surface area contributed by atoms with Crippen molar-refractivity contribution >= 4 is 69.2 Å². The number of carboxylic acids is 2. The van der Waals surface area contributed by atoms with Gasteiger partial charge in [-0.1, -0.05) is 91.0 Å². The highest BCUT2D eigenvalue weighted by Gasteiger charge is 2.42. The molecule has 2 heterocycles. The van der Waals surface area contributed by atoms with Gasteiger partial charge >= 0.3 is 11.9 Å². The third-order valence-corrected chi connectivity index (χ3v) is 9.99. The maximum atomic E-state index is 11.4. The fourth-order valence-electron chi connectivity index (χ4n) is 7.61. The number of rotatable bonds is 6. The summed E-state index contributed by atoms with van der Waals surface area (Å²) in [6.45, 7) is 0.0372. The van der Waals surface area contributed by atoms with E-state index >= 15 is 0 Å². The van der Waals surface area contributed by atoms with Crippen molar-refractivity contribution in [2.24, 2.45) is 0 Å². The molecular weight excluding hydrogens is 631 g/mol. The Kier molecular flexibility index (Phi) is 7.07. The Labute approximate surface area is 295 Å². The van der Waals surface area contributed by atoms with Crippen LogP contribution in [0.4, 0.5) is 34.1 Å². The zero-order chi connectivity index (χ0) is 34.6. The fourth-order valence-corrected chi connectivity index (χ4v) is 7.61. The molecule has 2 aliphatic heterocycles. The summed E-state index contributed by atoms with van der Waals surface area (Å²) in [6, 6.07) is 54.7. The van der Waals surface area contributed by atoms with Gasteiger partial charge in [0.2, 0.25) is 0 Å². The van der Waals surface area contributed by atoms with Crippen LogP contribution < -0.4 is 26.2 Å². The number of para-hydroxylation sites is 2. The van der Waals surface area contributed by atoms with Crippen LogP contribution >= 0.6 is 0 Å². The number of hydrogen-bond donors (Lipinski definition) is 2. The number of hydrogen-bond acceptors (Lipinski definition) is 4. The van der Waals surface area contributed by atoms with Crippen LogP contribution in [-0.2, 0) is 0 Å². The topological polar surface area (TPSA) is 81.1 Å². The van der Waals surface area contributed by atoms with E-state index in [0.717, 1.165) is 56.4 Å². The van der Waals surface area contributed by atoms with Gasteiger partial charge < -0.3 is 20.0 Å². The smallest absolute Gasteiger partial charge is 0.335 e. The molecular formula is C44H29BN2O4. The van der Waals surface area contributed by atoms with Crippen molar-refractivity contribution in [1.82, 2.24) is 0 Å². The van der Waals surface area contributed by atoms with Crippen LogP contribution in [0.5, 0.6) is 0 Å². The monoisotopic (exact) mass is 660 g/mol. The lowest BCUT2D eigenvalue weighted by atomic mass is 9.33. The highest BCUT2D eigenvalue weighted by molar-refractivity contribution is 7.00. The Balaban J connectivity index is 1.15. The zero-order valence-corrected chi connectivity index (χ0v) is 27.3. The van der Waals surface area contributed by atoms with Crippen molar-refractivity contribution in [3.8, 4) is 22.3 Å². The molecule has 7 aromatic carbocycles. The number of carbonyl (C=O) groups is 2. The normalized spacial score (nSPS) is 12.5. The van der Waals surface area contributed by atoms with Crippen LogP contribution in [0.1, 0.15) is 20.7 Å². The number of nitrogens with zero attached hydrogens (tertiary/aromatic N) is 2. The summed E-state index contributed by atoms with van der Waals surface area (Å²) < 4.78 is 0. The van der Waals surface area contributed by atoms with Gasteiger partial charge in [-0.3, -0.25) is 0 Å². The van der Waals surface area contributed by atoms with E-state index in [-0.39, 0.29) is 17.8 Å². The first-order valence-corrected chi connectivity index (χ1v) is 16.7. The molecule has 0 bridgehead atoms. The molecule has 2 N–H and O–H groups in total. The molecule has 0 radical (unpaired) electrons. The predicted molar refractivity (Wildman–Crippen MR) is 205 cm³/mol. The third-order valence-electron chi connectivity index (χ3n) is 9.99. The minimum Gasteiger partial charge on any atom is -0.478 e. The first-order chi connectivity index (χ1) is 25.0. The second-order valence-corrected chi connectivity index (χ2v) is 12.8. The van der Waals surface area contributed by atoms with Crippen LogP contribution in [0, 0.1) is 0 Å². The third kappa shape index (κ3) is 4.98. The lowest BCUT2D eigenvalue weighted by Gasteiger charge is -2.44. The van der Waals surface area contributed by atoms with Crippen molar-refractivity contribution in [2.75, 3.05) is 9.80 Å². The zero-order valence-electron chi connectivity index (χ0n) is 27.3. The average molecular weight is 661 g/mol. The highest BCUT2D eigenvalue weighted by Crippen LogP contribution is 2.44. The first kappa shape index (κ1) is 30.2. The SMILES string of the molecule is O=C(O)c1ccc(-c2ccc(N3c4ccccc4B4c5ccccc5N(c5ccc(-c6ccc(C(=O)O)cc6)cc5)c5cccc3c54)cc2)cc1. The molecule has 7 aromatic rings. The molecule has 0 aliphatic carbocycles. The van der Waals surface area contributed by atoms with Gasteiger partial charge in [-0.25, -0.2) is 9.59 Å². The van der Waals surface area contributed by atoms with Gasteiger partial charge in [0.1, 0.15) is 0 Å². The van der Waals surface area contributed by atoms with Gasteiger partial charge in [0.25, 0.3) is 6.71 Å². The molecule has 0 saturated carbocycles. The molecule has 6 nitrogen and oxygen atoms in total. The lowest BCUT2D eigenvalue weighted by Crippen LogP contribution is -2.61. The van der Waals surface area contributed by atoms with Gasteiger partial charge in [-0.2, -0.15) is 0 Å². The summed E-state index contributed by atoms with van der Waals surface area (Å²) in [6.07, 6.45) is 0. The number of anilines is 6. The Morgan fingerprint density at radius 2 is 0.725 bits per heavy atom. The van der Waals surface area contributed by atoms with E-state index in [0.29, 0.717) is 0 Å². The average Bonchev–Trinajstić information content (AvgIpc) is 3.18. The van der Waals surface area contributed by atoms with E-state index in [9.17, 15) is 19.8 Å². The van der Waals surface area contributed by atoms with Gasteiger partial charge in [0, 0.05) is 34.1 Å². The summed E-state index contributed by atoms with van der Waals surface area (Å²) >= 11 is 0. The van der Waals surface area contributed by atoms with E-state index in [4.69, 9.17) is 0 Å². The second kappa shape index (κ2) is 11.9. The van der Waals surface area contributed by atoms with Crippen LogP contribution in [0.3, 0.4) is 0 Å². The molecule has 0 fully saturated rings. The van der Waals surface area contributed by atoms with Crippen molar-refractivity contribution < 1.29 is 19.8 Å². The number of aromatic carboxylic acids is 2. The molecule has 0 aromatic heterocycles. The van der Waals surface area contributed by atoms with Crippen LogP contribution in [0.2, 0.25) is 0 Å². The fraction of sp³-hybridized carbons (Fsp3) is 0. The Morgan fingerprint density at radius 3 is 1.10 bits per heavy atom. The molecule has 0 saturated heterocycles. The molecule has 0 atom stereocenters. The summed E-state index contributed by atoms with van der Waals surface area (Å²) in [7, 11) is 0. The van der Waals surface area contributed by atoms with Crippen LogP contribution in [-0.4, -0.2) is 28.9 Å². The predicted octanol–water partition coefficient (Wildman–Crippen LogP) is 8.50. The van der Waals surface area contributed by atoms with Crippen molar-refractivity contribution in [1.29, 1.82) is 0 Å². The summed E-state index contributed by atoms with van der Waals surface area (Å²) in [5.41, 5.74) is 14.7. The van der Waals surface area contributed by atoms with Crippen molar-refractivity contribution in [2.45, 2.75) is 0 Å². The highest BCUT2D eigenvalue weighted by atomic mass is 16.4. The van der Waals surface area contributed by atoms with Crippen molar-refractivity contribution in [3.63, 3.8) is 0 Å². The minimum absolute atomic E-state index is 0.0372. The minimum atomic E-state index is -0.937. The van der Waals surface area contributed by atoms with E-state index in [2.05, 4.69) is 125 Å². The molecule has 242 valence electrons. The molecule has 0 unspecified atom stereocenters. The van der Waals surface area contributed by atoms with E-state index in [1.54, 1.807) is 24.3 Å². The molecule has 51 heavy (non-hydrogen) atoms. The number of carboxylic acid groups (broad SMARTS) is 2. The van der Waals surface area contributed by atoms with Crippen LogP contribution in [0.25, 0.3) is 22.3 Å². The summed E-state index contributed by atoms with van der Waals surface area (Å²) in [5.74, 6) is -1.87. The molecule has 2 aliphatic rings. The summed E-state index contributed by atoms with van der Waals surface area (Å²) in [5, 5.41) is 18.7. The van der Waals surface area contributed by atoms with Crippen LogP contribution in [0.15, 0.2) is 164 Å². The Hall–Kier alpha value is -6.86. The van der Waals surface area contributed by atoms with E-state index in [1.165, 1.54) is 16.4 Å². The Bertz CT molecular complexity index is 2310. The number of fused-ring (bicyclic) bond motifs is 4. The van der Waals surface area contributed by atoms with E-state index in [1.807, 2.05) is 24.3 Å². The van der Waals surface area contributed by atoms with Crippen molar-refractivity contribution in [3.05, 3.63) is 175 Å². The molecule has 9 rings (SSSR count). The lowest BCUT2D eigenvalue weighted by molar-refractivity contribution is 0.0686.